The Morgan fingerprint density at radius 1 is 1.00 bits per heavy atom. The quantitative estimate of drug-likeness (QED) is 0.529. The minimum absolute atomic E-state index is 0.0144. The number of hydrogen-bond donors (Lipinski definition) is 3. The van der Waals surface area contributed by atoms with Gasteiger partial charge in [-0.1, -0.05) is 48.5 Å². The Kier molecular flexibility index (Phi) is 7.18. The largest absolute Gasteiger partial charge is 0.508 e. The highest BCUT2D eigenvalue weighted by atomic mass is 16.6. The lowest BCUT2D eigenvalue weighted by molar-refractivity contribution is -0.139. The van der Waals surface area contributed by atoms with E-state index < -0.39 is 24.2 Å². The van der Waals surface area contributed by atoms with Crippen LogP contribution < -0.4 is 10.6 Å². The van der Waals surface area contributed by atoms with E-state index in [-0.39, 0.29) is 18.8 Å². The molecule has 27 heavy (non-hydrogen) atoms. The highest BCUT2D eigenvalue weighted by molar-refractivity contribution is 5.89. The van der Waals surface area contributed by atoms with Crippen LogP contribution in [0.5, 0.6) is 5.75 Å². The summed E-state index contributed by atoms with van der Waals surface area (Å²) < 4.78 is 9.68. The molecule has 0 bridgehead atoms. The Balaban J connectivity index is 2.04. The number of rotatable bonds is 6. The molecule has 3 N–H and O–H groups in total. The number of ether oxygens (including phenoxy) is 2. The Bertz CT molecular complexity index is 794. The number of para-hydroxylation sites is 1. The van der Waals surface area contributed by atoms with Gasteiger partial charge in [0.25, 0.3) is 0 Å². The van der Waals surface area contributed by atoms with Crippen molar-refractivity contribution >= 4 is 18.2 Å². The van der Waals surface area contributed by atoms with Gasteiger partial charge < -0.3 is 25.2 Å². The van der Waals surface area contributed by atoms with Crippen LogP contribution in [-0.2, 0) is 27.3 Å². The molecule has 8 heteroatoms. The number of alkyl carbamates (subject to hydrolysis) is 2. The molecule has 0 aliphatic rings. The topological polar surface area (TPSA) is 114 Å². The number of phenols is 1. The lowest BCUT2D eigenvalue weighted by Gasteiger charge is -2.17. The molecule has 0 spiro atoms. The van der Waals surface area contributed by atoms with Crippen molar-refractivity contribution in [3.63, 3.8) is 0 Å². The first-order chi connectivity index (χ1) is 13.0. The summed E-state index contributed by atoms with van der Waals surface area (Å²) >= 11 is 0. The van der Waals surface area contributed by atoms with Gasteiger partial charge in [-0.25, -0.2) is 14.4 Å². The van der Waals surface area contributed by atoms with Crippen LogP contribution in [0.3, 0.4) is 0 Å². The average Bonchev–Trinajstić information content (AvgIpc) is 2.68. The number of phenolic OH excluding ortho intramolecular Hbond substituents is 1. The molecule has 2 aromatic carbocycles. The molecule has 0 aliphatic heterocycles. The number of hydrogen-bond acceptors (Lipinski definition) is 6. The lowest BCUT2D eigenvalue weighted by atomic mass is 10.1. The fraction of sp³-hybridized carbons (Fsp3) is 0.211. The minimum Gasteiger partial charge on any atom is -0.508 e. The molecule has 142 valence electrons. The summed E-state index contributed by atoms with van der Waals surface area (Å²) in [5, 5.41) is 14.4. The molecule has 0 heterocycles. The molecular weight excluding hydrogens is 352 g/mol. The number of carbonyl (C=O) groups excluding carboxylic acids is 3. The second-order valence-corrected chi connectivity index (χ2v) is 5.55. The minimum atomic E-state index is -1.22. The molecule has 8 nitrogen and oxygen atoms in total. The molecule has 0 aliphatic carbocycles. The van der Waals surface area contributed by atoms with Crippen molar-refractivity contribution < 1.29 is 29.0 Å². The highest BCUT2D eigenvalue weighted by Crippen LogP contribution is 2.18. The summed E-state index contributed by atoms with van der Waals surface area (Å²) in [5.41, 5.74) is 1.18. The van der Waals surface area contributed by atoms with Gasteiger partial charge in [0.15, 0.2) is 0 Å². The molecule has 2 rings (SSSR count). The number of aromatic hydroxyl groups is 1. The van der Waals surface area contributed by atoms with Crippen LogP contribution in [0.25, 0.3) is 0 Å². The van der Waals surface area contributed by atoms with E-state index in [0.29, 0.717) is 5.56 Å². The van der Waals surface area contributed by atoms with Gasteiger partial charge in [0.05, 0.1) is 0 Å². The van der Waals surface area contributed by atoms with Crippen LogP contribution in [0, 0.1) is 0 Å². The molecule has 0 fully saturated rings. The zero-order chi connectivity index (χ0) is 19.6. The molecule has 0 aromatic heterocycles. The molecule has 0 saturated carbocycles. The molecule has 0 radical (unpaired) electrons. The van der Waals surface area contributed by atoms with Crippen LogP contribution >= 0.6 is 0 Å². The summed E-state index contributed by atoms with van der Waals surface area (Å²) in [5.74, 6) is -1.02. The summed E-state index contributed by atoms with van der Waals surface area (Å²) in [7, 11) is 1.30. The second kappa shape index (κ2) is 9.81. The summed E-state index contributed by atoms with van der Waals surface area (Å²) in [6.45, 7) is 0.0144. The first kappa shape index (κ1) is 19.8. The highest BCUT2D eigenvalue weighted by Gasteiger charge is 2.26. The second-order valence-electron chi connectivity index (χ2n) is 5.55. The predicted molar refractivity (Wildman–Crippen MR) is 95.9 cm³/mol. The van der Waals surface area contributed by atoms with Crippen molar-refractivity contribution in [3.05, 3.63) is 65.7 Å². The van der Waals surface area contributed by atoms with Crippen LogP contribution in [0.2, 0.25) is 0 Å². The van der Waals surface area contributed by atoms with Crippen molar-refractivity contribution in [2.45, 2.75) is 19.1 Å². The summed E-state index contributed by atoms with van der Waals surface area (Å²) in [6.07, 6.45) is -1.89. The number of nitrogens with one attached hydrogen (secondary N) is 2. The van der Waals surface area contributed by atoms with Gasteiger partial charge in [0.1, 0.15) is 18.4 Å². The van der Waals surface area contributed by atoms with Crippen molar-refractivity contribution in [2.24, 2.45) is 0 Å². The number of amides is 2. The number of esters is 1. The van der Waals surface area contributed by atoms with E-state index in [1.54, 1.807) is 42.5 Å². The van der Waals surface area contributed by atoms with E-state index in [1.165, 1.54) is 13.1 Å². The first-order valence-electron chi connectivity index (χ1n) is 8.17. The summed E-state index contributed by atoms with van der Waals surface area (Å²) in [4.78, 5) is 35.6. The van der Waals surface area contributed by atoms with Crippen LogP contribution in [0.15, 0.2) is 54.6 Å². The number of benzene rings is 2. The lowest BCUT2D eigenvalue weighted by Crippen LogP contribution is -2.45. The molecule has 0 saturated heterocycles. The fourth-order valence-electron chi connectivity index (χ4n) is 2.22. The molecule has 2 amide bonds. The van der Waals surface area contributed by atoms with Gasteiger partial charge in [0.2, 0.25) is 0 Å². The summed E-state index contributed by atoms with van der Waals surface area (Å²) in [6, 6.07) is 14.1. The molecular formula is C19H20N2O6. The maximum absolute atomic E-state index is 12.2. The Labute approximate surface area is 156 Å². The third-order valence-electron chi connectivity index (χ3n) is 3.60. The maximum atomic E-state index is 12.2. The van der Waals surface area contributed by atoms with Crippen molar-refractivity contribution in [1.29, 1.82) is 0 Å². The maximum Gasteiger partial charge on any atom is 0.414 e. The molecule has 2 aromatic rings. The zero-order valence-electron chi connectivity index (χ0n) is 14.7. The zero-order valence-corrected chi connectivity index (χ0v) is 14.7. The third-order valence-corrected chi connectivity index (χ3v) is 3.60. The van der Waals surface area contributed by atoms with E-state index in [0.717, 1.165) is 5.56 Å². The Hall–Kier alpha value is -3.55. The Morgan fingerprint density at radius 3 is 2.33 bits per heavy atom. The SMILES string of the molecule is CNC(=O)OC(=O)C(Cc1ccccc1O)NC(=O)OCc1ccccc1. The van der Waals surface area contributed by atoms with Gasteiger partial charge in [-0.3, -0.25) is 0 Å². The van der Waals surface area contributed by atoms with Gasteiger partial charge in [0, 0.05) is 13.5 Å². The smallest absolute Gasteiger partial charge is 0.414 e. The Morgan fingerprint density at radius 2 is 1.67 bits per heavy atom. The van der Waals surface area contributed by atoms with Crippen molar-refractivity contribution in [3.8, 4) is 5.75 Å². The van der Waals surface area contributed by atoms with Crippen LogP contribution in [0.1, 0.15) is 11.1 Å². The average molecular weight is 372 g/mol. The van der Waals surface area contributed by atoms with Crippen LogP contribution in [-0.4, -0.2) is 36.4 Å². The van der Waals surface area contributed by atoms with E-state index >= 15 is 0 Å². The van der Waals surface area contributed by atoms with Gasteiger partial charge >= 0.3 is 18.2 Å². The van der Waals surface area contributed by atoms with E-state index in [2.05, 4.69) is 15.4 Å². The van der Waals surface area contributed by atoms with Crippen molar-refractivity contribution in [2.75, 3.05) is 7.05 Å². The van der Waals surface area contributed by atoms with Gasteiger partial charge in [-0.2, -0.15) is 0 Å². The predicted octanol–water partition coefficient (Wildman–Crippen LogP) is 2.11. The fourth-order valence-corrected chi connectivity index (χ4v) is 2.22. The van der Waals surface area contributed by atoms with Crippen LogP contribution in [0.4, 0.5) is 9.59 Å². The van der Waals surface area contributed by atoms with Gasteiger partial charge in [-0.05, 0) is 17.2 Å². The molecule has 1 unspecified atom stereocenters. The molecule has 1 atom stereocenters. The van der Waals surface area contributed by atoms with E-state index in [9.17, 15) is 19.5 Å². The van der Waals surface area contributed by atoms with E-state index in [1.807, 2.05) is 6.07 Å². The first-order valence-corrected chi connectivity index (χ1v) is 8.17. The standard InChI is InChI=1S/C19H20N2O6/c1-20-18(24)27-17(23)15(11-14-9-5-6-10-16(14)22)21-19(25)26-12-13-7-3-2-4-8-13/h2-10,15,22H,11-12H2,1H3,(H,20,24)(H,21,25). The van der Waals surface area contributed by atoms with Crippen molar-refractivity contribution in [1.82, 2.24) is 10.6 Å². The van der Waals surface area contributed by atoms with Gasteiger partial charge in [-0.15, -0.1) is 0 Å². The third kappa shape index (κ3) is 6.35. The number of carbonyl (C=O) groups is 3. The monoisotopic (exact) mass is 372 g/mol. The van der Waals surface area contributed by atoms with E-state index in [4.69, 9.17) is 4.74 Å². The normalized spacial score (nSPS) is 11.1.